The second kappa shape index (κ2) is 6.07. The number of aromatic amines is 1. The number of hydrogen-bond donors (Lipinski definition) is 1. The Bertz CT molecular complexity index is 712. The first kappa shape index (κ1) is 16.2. The first-order valence-electron chi connectivity index (χ1n) is 7.83. The average Bonchev–Trinajstić information content (AvgIpc) is 2.96. The molecule has 1 aliphatic heterocycles. The molecule has 1 saturated heterocycles. The third-order valence-corrected chi connectivity index (χ3v) is 4.61. The van der Waals surface area contributed by atoms with Crippen molar-refractivity contribution in [1.29, 1.82) is 0 Å². The van der Waals surface area contributed by atoms with Crippen LogP contribution in [0.2, 0.25) is 0 Å². The van der Waals surface area contributed by atoms with Crippen LogP contribution in [0.1, 0.15) is 20.8 Å². The van der Waals surface area contributed by atoms with E-state index in [9.17, 15) is 4.79 Å². The van der Waals surface area contributed by atoms with Crippen LogP contribution in [0.25, 0.3) is 10.9 Å². The molecule has 0 radical (unpaired) electrons. The quantitative estimate of drug-likeness (QED) is 0.814. The maximum absolute atomic E-state index is 12.1. The van der Waals surface area contributed by atoms with Crippen molar-refractivity contribution in [3.05, 3.63) is 28.9 Å². The van der Waals surface area contributed by atoms with Crippen LogP contribution in [0.3, 0.4) is 0 Å². The Morgan fingerprint density at radius 3 is 2.52 bits per heavy atom. The van der Waals surface area contributed by atoms with Gasteiger partial charge in [0.1, 0.15) is 5.60 Å². The molecular formula is C17H22BrN3O2. The van der Waals surface area contributed by atoms with Crippen LogP contribution in [-0.2, 0) is 4.74 Å². The summed E-state index contributed by atoms with van der Waals surface area (Å²) in [6, 6.07) is 6.26. The zero-order chi connectivity index (χ0) is 16.6. The molecule has 0 atom stereocenters. The minimum atomic E-state index is -0.448. The summed E-state index contributed by atoms with van der Waals surface area (Å²) in [5.74, 6) is 0. The van der Waals surface area contributed by atoms with E-state index < -0.39 is 5.60 Å². The summed E-state index contributed by atoms with van der Waals surface area (Å²) in [6.45, 7) is 8.63. The molecule has 1 fully saturated rings. The zero-order valence-electron chi connectivity index (χ0n) is 13.7. The molecule has 1 aromatic carbocycles. The molecule has 0 saturated carbocycles. The van der Waals surface area contributed by atoms with Gasteiger partial charge in [-0.25, -0.2) is 4.79 Å². The fourth-order valence-corrected chi connectivity index (χ4v) is 3.29. The molecule has 23 heavy (non-hydrogen) atoms. The first-order valence-corrected chi connectivity index (χ1v) is 8.63. The maximum Gasteiger partial charge on any atom is 0.410 e. The van der Waals surface area contributed by atoms with Gasteiger partial charge in [0.05, 0.1) is 11.2 Å². The highest BCUT2D eigenvalue weighted by Gasteiger charge is 2.26. The number of rotatable bonds is 1. The van der Waals surface area contributed by atoms with Crippen molar-refractivity contribution in [2.75, 3.05) is 31.1 Å². The number of aromatic nitrogens is 1. The standard InChI is InChI=1S/C17H22BrN3O2/c1-17(2,3)23-16(22)21-10-8-20(9-11-21)14-5-4-13(18)12-6-7-19-15(12)14/h4-7,19H,8-11H2,1-3H3. The number of hydrogen-bond acceptors (Lipinski definition) is 3. The summed E-state index contributed by atoms with van der Waals surface area (Å²) in [7, 11) is 0. The lowest BCUT2D eigenvalue weighted by molar-refractivity contribution is 0.0241. The van der Waals surface area contributed by atoms with Gasteiger partial charge in [0.25, 0.3) is 0 Å². The monoisotopic (exact) mass is 379 g/mol. The smallest absolute Gasteiger partial charge is 0.410 e. The third kappa shape index (κ3) is 3.47. The molecule has 1 aliphatic rings. The minimum absolute atomic E-state index is 0.224. The number of carbonyl (C=O) groups is 1. The number of piperazine rings is 1. The number of fused-ring (bicyclic) bond motifs is 1. The second-order valence-electron chi connectivity index (χ2n) is 6.79. The Balaban J connectivity index is 1.70. The Morgan fingerprint density at radius 2 is 1.87 bits per heavy atom. The molecule has 0 spiro atoms. The highest BCUT2D eigenvalue weighted by Crippen LogP contribution is 2.32. The first-order chi connectivity index (χ1) is 10.8. The summed E-state index contributed by atoms with van der Waals surface area (Å²) in [6.07, 6.45) is 1.73. The largest absolute Gasteiger partial charge is 0.444 e. The van der Waals surface area contributed by atoms with Crippen LogP contribution in [-0.4, -0.2) is 47.8 Å². The molecule has 5 nitrogen and oxygen atoms in total. The van der Waals surface area contributed by atoms with Gasteiger partial charge >= 0.3 is 6.09 Å². The summed E-state index contributed by atoms with van der Waals surface area (Å²) < 4.78 is 6.54. The predicted octanol–water partition coefficient (Wildman–Crippen LogP) is 3.99. The van der Waals surface area contributed by atoms with E-state index in [2.05, 4.69) is 44.0 Å². The molecule has 1 N–H and O–H groups in total. The van der Waals surface area contributed by atoms with Gasteiger partial charge in [-0.1, -0.05) is 15.9 Å². The number of nitrogens with one attached hydrogen (secondary N) is 1. The van der Waals surface area contributed by atoms with Gasteiger partial charge in [0.2, 0.25) is 0 Å². The number of anilines is 1. The molecular weight excluding hydrogens is 358 g/mol. The third-order valence-electron chi connectivity index (χ3n) is 3.92. The van der Waals surface area contributed by atoms with Crippen molar-refractivity contribution in [2.24, 2.45) is 0 Å². The van der Waals surface area contributed by atoms with Crippen molar-refractivity contribution in [3.63, 3.8) is 0 Å². The number of H-pyrrole nitrogens is 1. The SMILES string of the molecule is CC(C)(C)OC(=O)N1CCN(c2ccc(Br)c3cc[nH]c23)CC1. The topological polar surface area (TPSA) is 48.6 Å². The van der Waals surface area contributed by atoms with Crippen molar-refractivity contribution in [3.8, 4) is 0 Å². The fraction of sp³-hybridized carbons (Fsp3) is 0.471. The molecule has 0 aliphatic carbocycles. The van der Waals surface area contributed by atoms with Gasteiger partial charge in [-0.05, 0) is 39.0 Å². The molecule has 1 aromatic heterocycles. The number of carbonyl (C=O) groups excluding carboxylic acids is 1. The number of nitrogens with zero attached hydrogens (tertiary/aromatic N) is 2. The molecule has 1 amide bonds. The number of halogens is 1. The zero-order valence-corrected chi connectivity index (χ0v) is 15.3. The second-order valence-corrected chi connectivity index (χ2v) is 7.64. The fourth-order valence-electron chi connectivity index (χ4n) is 2.83. The summed E-state index contributed by atoms with van der Waals surface area (Å²) in [5.41, 5.74) is 1.86. The van der Waals surface area contributed by atoms with Gasteiger partial charge < -0.3 is 19.5 Å². The van der Waals surface area contributed by atoms with Crippen LogP contribution in [0.15, 0.2) is 28.9 Å². The normalized spacial score (nSPS) is 16.0. The lowest BCUT2D eigenvalue weighted by Gasteiger charge is -2.37. The number of ether oxygens (including phenoxy) is 1. The van der Waals surface area contributed by atoms with Gasteiger partial charge in [0.15, 0.2) is 0 Å². The van der Waals surface area contributed by atoms with E-state index in [0.717, 1.165) is 23.1 Å². The maximum atomic E-state index is 12.1. The van der Waals surface area contributed by atoms with Gasteiger partial charge in [-0.3, -0.25) is 0 Å². The van der Waals surface area contributed by atoms with Gasteiger partial charge in [-0.15, -0.1) is 0 Å². The molecule has 6 heteroatoms. The Hall–Kier alpha value is -1.69. The molecule has 0 bridgehead atoms. The van der Waals surface area contributed by atoms with Crippen LogP contribution in [0.5, 0.6) is 0 Å². The van der Waals surface area contributed by atoms with Crippen LogP contribution >= 0.6 is 15.9 Å². The summed E-state index contributed by atoms with van der Waals surface area (Å²) in [5, 5.41) is 1.18. The van der Waals surface area contributed by atoms with Crippen molar-refractivity contribution in [2.45, 2.75) is 26.4 Å². The van der Waals surface area contributed by atoms with E-state index in [4.69, 9.17) is 4.74 Å². The highest BCUT2D eigenvalue weighted by molar-refractivity contribution is 9.10. The lowest BCUT2D eigenvalue weighted by atomic mass is 10.2. The van der Waals surface area contributed by atoms with E-state index in [1.165, 1.54) is 11.1 Å². The van der Waals surface area contributed by atoms with E-state index in [-0.39, 0.29) is 6.09 Å². The molecule has 2 aromatic rings. The van der Waals surface area contributed by atoms with Gasteiger partial charge in [0, 0.05) is 42.2 Å². The van der Waals surface area contributed by atoms with E-state index >= 15 is 0 Å². The average molecular weight is 380 g/mol. The molecule has 2 heterocycles. The van der Waals surface area contributed by atoms with E-state index in [1.54, 1.807) is 4.90 Å². The minimum Gasteiger partial charge on any atom is -0.444 e. The highest BCUT2D eigenvalue weighted by atomic mass is 79.9. The lowest BCUT2D eigenvalue weighted by Crippen LogP contribution is -2.50. The van der Waals surface area contributed by atoms with E-state index in [1.807, 2.05) is 27.0 Å². The van der Waals surface area contributed by atoms with Crippen molar-refractivity contribution >= 4 is 38.6 Å². The van der Waals surface area contributed by atoms with Crippen LogP contribution in [0, 0.1) is 0 Å². The van der Waals surface area contributed by atoms with Crippen molar-refractivity contribution < 1.29 is 9.53 Å². The Kier molecular flexibility index (Phi) is 4.27. The van der Waals surface area contributed by atoms with Crippen LogP contribution in [0.4, 0.5) is 10.5 Å². The van der Waals surface area contributed by atoms with Crippen LogP contribution < -0.4 is 4.90 Å². The summed E-state index contributed by atoms with van der Waals surface area (Å²) in [4.78, 5) is 19.6. The Morgan fingerprint density at radius 1 is 1.17 bits per heavy atom. The Labute approximate surface area is 144 Å². The summed E-state index contributed by atoms with van der Waals surface area (Å²) >= 11 is 3.58. The molecule has 3 rings (SSSR count). The molecule has 0 unspecified atom stereocenters. The number of benzene rings is 1. The molecule has 124 valence electrons. The predicted molar refractivity (Wildman–Crippen MR) is 96.0 cm³/mol. The van der Waals surface area contributed by atoms with Gasteiger partial charge in [-0.2, -0.15) is 0 Å². The van der Waals surface area contributed by atoms with Crippen molar-refractivity contribution in [1.82, 2.24) is 9.88 Å². The number of amides is 1. The van der Waals surface area contributed by atoms with E-state index in [0.29, 0.717) is 13.1 Å².